The number of nitrogens with zero attached hydrogens (tertiary/aromatic N) is 1. The van der Waals surface area contributed by atoms with E-state index in [0.717, 1.165) is 12.1 Å². The molecule has 2 aliphatic rings. The number of halogens is 3. The molecule has 1 fully saturated rings. The number of rotatable bonds is 2. The lowest BCUT2D eigenvalue weighted by atomic mass is 10.0. The number of ether oxygens (including phenoxy) is 3. The van der Waals surface area contributed by atoms with E-state index in [9.17, 15) is 22.8 Å². The predicted molar refractivity (Wildman–Crippen MR) is 127 cm³/mol. The van der Waals surface area contributed by atoms with Gasteiger partial charge in [0.1, 0.15) is 0 Å². The van der Waals surface area contributed by atoms with Crippen LogP contribution in [0.5, 0.6) is 0 Å². The van der Waals surface area contributed by atoms with Gasteiger partial charge in [0.15, 0.2) is 0 Å². The number of hydrogen-bond donors (Lipinski definition) is 2. The number of benzene rings is 1. The van der Waals surface area contributed by atoms with Crippen molar-refractivity contribution in [2.75, 3.05) is 58.0 Å². The van der Waals surface area contributed by atoms with Gasteiger partial charge in [-0.3, -0.25) is 9.59 Å². The summed E-state index contributed by atoms with van der Waals surface area (Å²) < 4.78 is 56.2. The molecular formula is C25H28F3N3O5. The van der Waals surface area contributed by atoms with Crippen LogP contribution in [0.2, 0.25) is 0 Å². The van der Waals surface area contributed by atoms with Gasteiger partial charge in [-0.1, -0.05) is 0 Å². The summed E-state index contributed by atoms with van der Waals surface area (Å²) in [6, 6.07) is 3.13. The summed E-state index contributed by atoms with van der Waals surface area (Å²) in [5.41, 5.74) is 1.83. The van der Waals surface area contributed by atoms with Crippen LogP contribution in [0.4, 0.5) is 18.9 Å². The van der Waals surface area contributed by atoms with Gasteiger partial charge in [0.2, 0.25) is 0 Å². The molecule has 0 radical (unpaired) electrons. The fraction of sp³-hybridized carbons (Fsp3) is 0.440. The van der Waals surface area contributed by atoms with Crippen LogP contribution in [0.1, 0.15) is 38.4 Å². The van der Waals surface area contributed by atoms with Gasteiger partial charge in [-0.2, -0.15) is 13.2 Å². The summed E-state index contributed by atoms with van der Waals surface area (Å²) in [6.45, 7) is 6.62. The molecule has 1 aromatic heterocycles. The topological polar surface area (TPSA) is 92.9 Å². The molecule has 0 bridgehead atoms. The Bertz CT molecular complexity index is 1160. The Kier molecular flexibility index (Phi) is 7.82. The Morgan fingerprint density at radius 3 is 2.22 bits per heavy atom. The van der Waals surface area contributed by atoms with E-state index >= 15 is 0 Å². The molecule has 1 saturated heterocycles. The number of aromatic nitrogens is 1. The average molecular weight is 508 g/mol. The molecule has 0 aliphatic carbocycles. The summed E-state index contributed by atoms with van der Waals surface area (Å²) in [5, 5.41) is 2.59. The van der Waals surface area contributed by atoms with E-state index in [-0.39, 0.29) is 17.0 Å². The molecule has 4 rings (SSSR count). The number of carbonyl (C=O) groups excluding carboxylic acids is 2. The van der Waals surface area contributed by atoms with Crippen molar-refractivity contribution in [1.82, 2.24) is 9.88 Å². The Hall–Kier alpha value is -3.15. The maximum atomic E-state index is 13.5. The monoisotopic (exact) mass is 507 g/mol. The Morgan fingerprint density at radius 2 is 1.61 bits per heavy atom. The quantitative estimate of drug-likeness (QED) is 0.606. The minimum Gasteiger partial charge on any atom is -0.377 e. The first kappa shape index (κ1) is 25.9. The van der Waals surface area contributed by atoms with E-state index in [1.807, 2.05) is 0 Å². The van der Waals surface area contributed by atoms with Crippen molar-refractivity contribution in [3.8, 4) is 0 Å². The second-order valence-electron chi connectivity index (χ2n) is 8.56. The number of aromatic amines is 1. The predicted octanol–water partition coefficient (Wildman–Crippen LogP) is 3.65. The van der Waals surface area contributed by atoms with Crippen LogP contribution < -0.4 is 5.32 Å². The molecule has 2 aliphatic heterocycles. The zero-order valence-electron chi connectivity index (χ0n) is 20.1. The summed E-state index contributed by atoms with van der Waals surface area (Å²) >= 11 is 0. The van der Waals surface area contributed by atoms with Crippen molar-refractivity contribution in [3.63, 3.8) is 0 Å². The fourth-order valence-electron chi connectivity index (χ4n) is 4.26. The van der Waals surface area contributed by atoms with Crippen molar-refractivity contribution in [2.45, 2.75) is 20.0 Å². The van der Waals surface area contributed by atoms with Crippen LogP contribution in [0.25, 0.3) is 11.6 Å². The SMILES string of the molecule is Cc1[nH]c(/C=C2\C(=O)Nc3ccc(C(F)(F)F)cc32)c(C)c1C(=O)N1CCOCCOCCOCC1. The maximum absolute atomic E-state index is 13.5. The number of alkyl halides is 3. The fourth-order valence-corrected chi connectivity index (χ4v) is 4.26. The molecule has 2 aromatic rings. The second-order valence-corrected chi connectivity index (χ2v) is 8.56. The third-order valence-corrected chi connectivity index (χ3v) is 6.15. The molecule has 11 heteroatoms. The van der Waals surface area contributed by atoms with E-state index in [1.165, 1.54) is 12.1 Å². The molecule has 2 amide bonds. The zero-order valence-corrected chi connectivity index (χ0v) is 20.1. The van der Waals surface area contributed by atoms with Gasteiger partial charge in [0, 0.05) is 35.7 Å². The van der Waals surface area contributed by atoms with E-state index in [1.54, 1.807) is 18.7 Å². The van der Waals surface area contributed by atoms with Gasteiger partial charge in [-0.05, 0) is 43.7 Å². The molecule has 0 saturated carbocycles. The molecule has 0 atom stereocenters. The van der Waals surface area contributed by atoms with Crippen LogP contribution in [-0.2, 0) is 25.2 Å². The largest absolute Gasteiger partial charge is 0.416 e. The minimum atomic E-state index is -4.53. The van der Waals surface area contributed by atoms with Crippen molar-refractivity contribution >= 4 is 29.2 Å². The average Bonchev–Trinajstić information content (AvgIpc) is 3.27. The summed E-state index contributed by atoms with van der Waals surface area (Å²) in [5.74, 6) is -0.729. The highest BCUT2D eigenvalue weighted by Gasteiger charge is 2.34. The van der Waals surface area contributed by atoms with Crippen LogP contribution in [0.15, 0.2) is 18.2 Å². The Labute approximate surface area is 206 Å². The second kappa shape index (κ2) is 10.9. The molecule has 0 spiro atoms. The van der Waals surface area contributed by atoms with Crippen LogP contribution in [-0.4, -0.2) is 74.4 Å². The number of nitrogens with one attached hydrogen (secondary N) is 2. The number of amides is 2. The number of carbonyl (C=O) groups is 2. The van der Waals surface area contributed by atoms with Crippen molar-refractivity contribution < 1.29 is 37.0 Å². The number of fused-ring (bicyclic) bond motifs is 1. The van der Waals surface area contributed by atoms with E-state index in [2.05, 4.69) is 10.3 Å². The lowest BCUT2D eigenvalue weighted by Gasteiger charge is -2.24. The van der Waals surface area contributed by atoms with Gasteiger partial charge >= 0.3 is 6.18 Å². The van der Waals surface area contributed by atoms with Crippen molar-refractivity contribution in [1.29, 1.82) is 0 Å². The summed E-state index contributed by atoms with van der Waals surface area (Å²) in [7, 11) is 0. The van der Waals surface area contributed by atoms with E-state index < -0.39 is 17.6 Å². The van der Waals surface area contributed by atoms with Gasteiger partial charge in [0.25, 0.3) is 11.8 Å². The highest BCUT2D eigenvalue weighted by molar-refractivity contribution is 6.35. The third-order valence-electron chi connectivity index (χ3n) is 6.15. The number of aryl methyl sites for hydroxylation is 1. The highest BCUT2D eigenvalue weighted by atomic mass is 19.4. The highest BCUT2D eigenvalue weighted by Crippen LogP contribution is 2.38. The van der Waals surface area contributed by atoms with Crippen LogP contribution >= 0.6 is 0 Å². The van der Waals surface area contributed by atoms with Gasteiger partial charge < -0.3 is 29.4 Å². The number of hydrogen-bond acceptors (Lipinski definition) is 5. The first-order chi connectivity index (χ1) is 17.2. The lowest BCUT2D eigenvalue weighted by molar-refractivity contribution is -0.137. The molecule has 36 heavy (non-hydrogen) atoms. The lowest BCUT2D eigenvalue weighted by Crippen LogP contribution is -2.37. The van der Waals surface area contributed by atoms with Crippen LogP contribution in [0, 0.1) is 13.8 Å². The number of anilines is 1. The van der Waals surface area contributed by atoms with Gasteiger partial charge in [-0.15, -0.1) is 0 Å². The third kappa shape index (κ3) is 5.63. The van der Waals surface area contributed by atoms with Crippen molar-refractivity contribution in [2.24, 2.45) is 0 Å². The molecule has 8 nitrogen and oxygen atoms in total. The molecule has 0 unspecified atom stereocenters. The van der Waals surface area contributed by atoms with E-state index in [4.69, 9.17) is 14.2 Å². The zero-order chi connectivity index (χ0) is 25.9. The smallest absolute Gasteiger partial charge is 0.377 e. The Balaban J connectivity index is 1.62. The van der Waals surface area contributed by atoms with Gasteiger partial charge in [-0.25, -0.2) is 0 Å². The van der Waals surface area contributed by atoms with Gasteiger partial charge in [0.05, 0.1) is 56.3 Å². The summed E-state index contributed by atoms with van der Waals surface area (Å²) in [4.78, 5) is 30.8. The number of H-pyrrole nitrogens is 1. The molecule has 194 valence electrons. The minimum absolute atomic E-state index is 0.0924. The van der Waals surface area contributed by atoms with Crippen LogP contribution in [0.3, 0.4) is 0 Å². The van der Waals surface area contributed by atoms with E-state index in [0.29, 0.717) is 80.9 Å². The maximum Gasteiger partial charge on any atom is 0.416 e. The van der Waals surface area contributed by atoms with Crippen molar-refractivity contribution in [3.05, 3.63) is 51.8 Å². The molecule has 1 aromatic carbocycles. The molecular weight excluding hydrogens is 479 g/mol. The molecule has 3 heterocycles. The first-order valence-corrected chi connectivity index (χ1v) is 11.6. The standard InChI is InChI=1S/C25H28F3N3O5/c1-15-21(14-19-18-13-17(25(26,27)28)3-4-20(18)30-23(19)32)29-16(2)22(15)24(33)31-5-7-34-9-11-36-12-10-35-8-6-31/h3-4,13-14,29H,5-12H2,1-2H3,(H,30,32)/b19-14-. The molecule has 2 N–H and O–H groups in total. The first-order valence-electron chi connectivity index (χ1n) is 11.6. The summed E-state index contributed by atoms with van der Waals surface area (Å²) in [6.07, 6.45) is -3.05. The Morgan fingerprint density at radius 1 is 1.00 bits per heavy atom. The normalized spacial score (nSPS) is 19.0.